The SMILES string of the molecule is CN=CC=CC=C(C)NS(=O)O. The largest absolute Gasteiger partial charge is 0.297 e. The summed E-state index contributed by atoms with van der Waals surface area (Å²) < 4.78 is 20.9. The lowest BCUT2D eigenvalue weighted by Gasteiger charge is -1.96. The molecule has 0 saturated heterocycles. The highest BCUT2D eigenvalue weighted by atomic mass is 32.2. The molecule has 0 rings (SSSR count). The molecule has 0 heterocycles. The fourth-order valence-corrected chi connectivity index (χ4v) is 0.851. The van der Waals surface area contributed by atoms with Crippen molar-refractivity contribution in [3.63, 3.8) is 0 Å². The van der Waals surface area contributed by atoms with Crippen molar-refractivity contribution in [1.29, 1.82) is 0 Å². The van der Waals surface area contributed by atoms with Gasteiger partial charge in [-0.1, -0.05) is 6.08 Å². The molecule has 5 heteroatoms. The van der Waals surface area contributed by atoms with E-state index in [0.29, 0.717) is 5.70 Å². The first-order valence-electron chi connectivity index (χ1n) is 3.30. The minimum atomic E-state index is -1.99. The van der Waals surface area contributed by atoms with Crippen molar-refractivity contribution in [3.05, 3.63) is 23.9 Å². The Labute approximate surface area is 74.5 Å². The fourth-order valence-electron chi connectivity index (χ4n) is 0.507. The average molecular weight is 188 g/mol. The van der Waals surface area contributed by atoms with Gasteiger partial charge in [-0.15, -0.1) is 0 Å². The number of aliphatic imine (C=N–C) groups is 1. The lowest BCUT2D eigenvalue weighted by atomic mass is 10.4. The molecule has 4 nitrogen and oxygen atoms in total. The van der Waals surface area contributed by atoms with E-state index in [-0.39, 0.29) is 0 Å². The number of hydrogen-bond donors (Lipinski definition) is 2. The van der Waals surface area contributed by atoms with Gasteiger partial charge < -0.3 is 0 Å². The number of nitrogens with zero attached hydrogens (tertiary/aromatic N) is 1. The van der Waals surface area contributed by atoms with Crippen LogP contribution >= 0.6 is 0 Å². The van der Waals surface area contributed by atoms with Gasteiger partial charge in [-0.3, -0.25) is 14.3 Å². The molecular formula is C7H12N2O2S. The van der Waals surface area contributed by atoms with Crippen LogP contribution in [-0.4, -0.2) is 22.0 Å². The quantitative estimate of drug-likeness (QED) is 0.391. The van der Waals surface area contributed by atoms with Gasteiger partial charge in [0.15, 0.2) is 0 Å². The predicted molar refractivity (Wildman–Crippen MR) is 51.2 cm³/mol. The zero-order valence-corrected chi connectivity index (χ0v) is 7.84. The normalized spacial score (nSPS) is 15.8. The first-order chi connectivity index (χ1) is 5.66. The average Bonchev–Trinajstić information content (AvgIpc) is 1.97. The molecule has 0 aliphatic rings. The standard InChI is InChI=1S/C7H12N2O2S/c1-7(9-12(10)11)5-3-4-6-8-2/h3-6,9H,1-2H3,(H,10,11). The third-order valence-electron chi connectivity index (χ3n) is 0.941. The minimum absolute atomic E-state index is 0.622. The van der Waals surface area contributed by atoms with E-state index in [9.17, 15) is 4.21 Å². The minimum Gasteiger partial charge on any atom is -0.297 e. The zero-order chi connectivity index (χ0) is 9.40. The van der Waals surface area contributed by atoms with Crippen LogP contribution in [0, 0.1) is 0 Å². The molecule has 0 amide bonds. The van der Waals surface area contributed by atoms with E-state index in [1.54, 1.807) is 38.4 Å². The van der Waals surface area contributed by atoms with Crippen LogP contribution in [0.2, 0.25) is 0 Å². The highest BCUT2D eigenvalue weighted by molar-refractivity contribution is 7.77. The molecule has 0 bridgehead atoms. The molecule has 0 aliphatic heterocycles. The van der Waals surface area contributed by atoms with Gasteiger partial charge in [0, 0.05) is 19.0 Å². The second-order valence-corrected chi connectivity index (χ2v) is 2.70. The lowest BCUT2D eigenvalue weighted by Crippen LogP contribution is -2.12. The molecule has 2 N–H and O–H groups in total. The Hall–Kier alpha value is -0.940. The number of rotatable bonds is 4. The summed E-state index contributed by atoms with van der Waals surface area (Å²) in [7, 11) is 1.67. The molecule has 0 spiro atoms. The summed E-state index contributed by atoms with van der Waals surface area (Å²) in [5, 5.41) is 0. The van der Waals surface area contributed by atoms with Crippen LogP contribution in [0.15, 0.2) is 28.9 Å². The molecule has 0 fully saturated rings. The van der Waals surface area contributed by atoms with Crippen LogP contribution in [0.5, 0.6) is 0 Å². The maximum Gasteiger partial charge on any atom is 0.258 e. The van der Waals surface area contributed by atoms with Gasteiger partial charge in [0.2, 0.25) is 0 Å². The second kappa shape index (κ2) is 6.75. The Bertz CT molecular complexity index is 234. The Morgan fingerprint density at radius 1 is 1.58 bits per heavy atom. The van der Waals surface area contributed by atoms with Crippen LogP contribution in [0.4, 0.5) is 0 Å². The highest BCUT2D eigenvalue weighted by Crippen LogP contribution is 1.87. The van der Waals surface area contributed by atoms with Crippen molar-refractivity contribution in [1.82, 2.24) is 4.72 Å². The van der Waals surface area contributed by atoms with E-state index in [1.165, 1.54) is 0 Å². The van der Waals surface area contributed by atoms with Crippen molar-refractivity contribution in [2.75, 3.05) is 7.05 Å². The smallest absolute Gasteiger partial charge is 0.258 e. The Morgan fingerprint density at radius 3 is 2.75 bits per heavy atom. The summed E-state index contributed by atoms with van der Waals surface area (Å²) in [6.45, 7) is 1.70. The van der Waals surface area contributed by atoms with E-state index in [1.807, 2.05) is 0 Å². The molecule has 0 radical (unpaired) electrons. The molecule has 0 aromatic heterocycles. The molecule has 1 atom stereocenters. The molecule has 12 heavy (non-hydrogen) atoms. The molecule has 0 saturated carbocycles. The van der Waals surface area contributed by atoms with Gasteiger partial charge in [-0.2, -0.15) is 0 Å². The van der Waals surface area contributed by atoms with Crippen LogP contribution in [0.25, 0.3) is 0 Å². The zero-order valence-electron chi connectivity index (χ0n) is 7.02. The fraction of sp³-hybridized carbons (Fsp3) is 0.286. The first-order valence-corrected chi connectivity index (χ1v) is 4.40. The molecule has 0 aliphatic carbocycles. The van der Waals surface area contributed by atoms with Crippen molar-refractivity contribution < 1.29 is 8.76 Å². The van der Waals surface area contributed by atoms with E-state index < -0.39 is 11.3 Å². The molecule has 0 aromatic carbocycles. The summed E-state index contributed by atoms with van der Waals surface area (Å²) >= 11 is -1.99. The van der Waals surface area contributed by atoms with Crippen LogP contribution < -0.4 is 4.72 Å². The monoisotopic (exact) mass is 188 g/mol. The van der Waals surface area contributed by atoms with E-state index in [2.05, 4.69) is 9.71 Å². The maximum absolute atomic E-state index is 10.2. The predicted octanol–water partition coefficient (Wildman–Crippen LogP) is 0.873. The summed E-state index contributed by atoms with van der Waals surface area (Å²) in [5.41, 5.74) is 0.622. The summed E-state index contributed by atoms with van der Waals surface area (Å²) in [5.74, 6) is 0. The second-order valence-electron chi connectivity index (χ2n) is 1.99. The third-order valence-corrected chi connectivity index (χ3v) is 1.44. The van der Waals surface area contributed by atoms with E-state index >= 15 is 0 Å². The van der Waals surface area contributed by atoms with Gasteiger partial charge in [0.1, 0.15) is 0 Å². The Kier molecular flexibility index (Phi) is 6.22. The first kappa shape index (κ1) is 11.1. The summed E-state index contributed by atoms with van der Waals surface area (Å²) in [6.07, 6.45) is 6.75. The van der Waals surface area contributed by atoms with Gasteiger partial charge in [0.25, 0.3) is 11.3 Å². The Morgan fingerprint density at radius 2 is 2.25 bits per heavy atom. The highest BCUT2D eigenvalue weighted by Gasteiger charge is 1.88. The Balaban J connectivity index is 3.91. The molecule has 0 aromatic rings. The van der Waals surface area contributed by atoms with Gasteiger partial charge in [0.05, 0.1) is 0 Å². The van der Waals surface area contributed by atoms with Crippen molar-refractivity contribution in [2.45, 2.75) is 6.92 Å². The number of hydrogen-bond acceptors (Lipinski definition) is 2. The van der Waals surface area contributed by atoms with Crippen molar-refractivity contribution >= 4 is 17.5 Å². The molecule has 68 valence electrons. The van der Waals surface area contributed by atoms with Gasteiger partial charge in [-0.25, -0.2) is 4.21 Å². The topological polar surface area (TPSA) is 61.7 Å². The molecule has 1 unspecified atom stereocenters. The summed E-state index contributed by atoms with van der Waals surface area (Å²) in [6, 6.07) is 0. The number of nitrogens with one attached hydrogen (secondary N) is 1. The van der Waals surface area contributed by atoms with Crippen LogP contribution in [0.3, 0.4) is 0 Å². The van der Waals surface area contributed by atoms with Crippen LogP contribution in [-0.2, 0) is 11.3 Å². The third kappa shape index (κ3) is 7.17. The van der Waals surface area contributed by atoms with Crippen molar-refractivity contribution in [2.24, 2.45) is 4.99 Å². The maximum atomic E-state index is 10.2. The van der Waals surface area contributed by atoms with Crippen molar-refractivity contribution in [3.8, 4) is 0 Å². The van der Waals surface area contributed by atoms with Gasteiger partial charge in [-0.05, 0) is 19.1 Å². The van der Waals surface area contributed by atoms with E-state index in [0.717, 1.165) is 0 Å². The number of allylic oxidation sites excluding steroid dienone is 4. The molecular weight excluding hydrogens is 176 g/mol. The van der Waals surface area contributed by atoms with E-state index in [4.69, 9.17) is 4.55 Å². The lowest BCUT2D eigenvalue weighted by molar-refractivity contribution is 0.556. The van der Waals surface area contributed by atoms with Crippen LogP contribution in [0.1, 0.15) is 6.92 Å². The summed E-state index contributed by atoms with van der Waals surface area (Å²) in [4.78, 5) is 3.72. The van der Waals surface area contributed by atoms with Gasteiger partial charge >= 0.3 is 0 Å².